The van der Waals surface area contributed by atoms with Crippen molar-refractivity contribution in [1.82, 2.24) is 5.32 Å². The molecule has 1 aliphatic heterocycles. The van der Waals surface area contributed by atoms with Crippen LogP contribution in [0, 0.1) is 0 Å². The molecule has 1 aliphatic rings. The van der Waals surface area contributed by atoms with E-state index in [1.54, 1.807) is 0 Å². The van der Waals surface area contributed by atoms with Crippen molar-refractivity contribution in [3.8, 4) is 0 Å². The monoisotopic (exact) mass is 329 g/mol. The second kappa shape index (κ2) is 4.08. The molecule has 1 aromatic rings. The van der Waals surface area contributed by atoms with E-state index in [4.69, 9.17) is 4.74 Å². The van der Waals surface area contributed by atoms with Gasteiger partial charge >= 0.3 is 6.09 Å². The number of alkyl carbamates (subject to hydrolysis) is 1. The summed E-state index contributed by atoms with van der Waals surface area (Å²) in [5, 5.41) is 2.77. The Labute approximate surface area is 108 Å². The van der Waals surface area contributed by atoms with Gasteiger partial charge in [-0.05, 0) is 42.0 Å². The summed E-state index contributed by atoms with van der Waals surface area (Å²) < 4.78 is 6.17. The lowest BCUT2D eigenvalue weighted by atomic mass is 10.0. The molecule has 0 bridgehead atoms. The molecule has 4 heteroatoms. The lowest BCUT2D eigenvalue weighted by Gasteiger charge is -2.17. The Morgan fingerprint density at radius 1 is 1.31 bits per heavy atom. The highest BCUT2D eigenvalue weighted by molar-refractivity contribution is 14.1. The Hall–Kier alpha value is -1.04. The fourth-order valence-corrected chi connectivity index (χ4v) is 2.74. The van der Waals surface area contributed by atoms with E-state index in [9.17, 15) is 4.79 Å². The van der Waals surface area contributed by atoms with Gasteiger partial charge < -0.3 is 10.1 Å². The summed E-state index contributed by atoms with van der Waals surface area (Å²) >= 11 is 2.21. The van der Waals surface area contributed by atoms with Gasteiger partial charge in [0, 0.05) is 0 Å². The second-order valence-electron chi connectivity index (χ2n) is 4.15. The zero-order valence-corrected chi connectivity index (χ0v) is 11.2. The molecular formula is C12H12INO2. The molecule has 3 nitrogen and oxygen atoms in total. The molecule has 1 heterocycles. The van der Waals surface area contributed by atoms with E-state index >= 15 is 0 Å². The predicted octanol–water partition coefficient (Wildman–Crippen LogP) is 3.31. The molecular weight excluding hydrogens is 317 g/mol. The van der Waals surface area contributed by atoms with Gasteiger partial charge in [-0.15, -0.1) is 0 Å². The number of benzene rings is 1. The van der Waals surface area contributed by atoms with Crippen LogP contribution in [-0.4, -0.2) is 11.6 Å². The number of halogens is 1. The minimum absolute atomic E-state index is 0.384. The van der Waals surface area contributed by atoms with Crippen molar-refractivity contribution in [2.75, 3.05) is 0 Å². The molecule has 0 saturated carbocycles. The van der Waals surface area contributed by atoms with Crippen molar-refractivity contribution >= 4 is 32.3 Å². The Balaban J connectivity index is 2.46. The van der Waals surface area contributed by atoms with Crippen LogP contribution in [0.15, 0.2) is 36.1 Å². The van der Waals surface area contributed by atoms with Crippen LogP contribution in [0.3, 0.4) is 0 Å². The maximum atomic E-state index is 11.2. The molecule has 0 aliphatic carbocycles. The highest BCUT2D eigenvalue weighted by Gasteiger charge is 2.38. The quantitative estimate of drug-likeness (QED) is 0.803. The van der Waals surface area contributed by atoms with Gasteiger partial charge in [0.15, 0.2) is 0 Å². The van der Waals surface area contributed by atoms with Gasteiger partial charge in [0.1, 0.15) is 5.76 Å². The van der Waals surface area contributed by atoms with Crippen LogP contribution in [0.2, 0.25) is 0 Å². The van der Waals surface area contributed by atoms with E-state index in [2.05, 4.69) is 27.9 Å². The van der Waals surface area contributed by atoms with E-state index in [0.29, 0.717) is 5.76 Å². The maximum Gasteiger partial charge on any atom is 0.413 e. The fraction of sp³-hybridized carbons (Fsp3) is 0.250. The average Bonchev–Trinajstić information content (AvgIpc) is 2.52. The molecule has 16 heavy (non-hydrogen) atoms. The number of carbonyl (C=O) groups is 1. The first-order valence-corrected chi connectivity index (χ1v) is 6.04. The molecule has 0 aromatic heterocycles. The maximum absolute atomic E-state index is 11.2. The largest absolute Gasteiger partial charge is 0.413 e. The average molecular weight is 329 g/mol. The molecule has 1 amide bonds. The molecule has 1 saturated heterocycles. The van der Waals surface area contributed by atoms with Crippen LogP contribution in [0.1, 0.15) is 19.4 Å². The van der Waals surface area contributed by atoms with Gasteiger partial charge in [0.05, 0.1) is 9.12 Å². The lowest BCUT2D eigenvalue weighted by Crippen LogP contribution is -2.35. The number of cyclic esters (lactones) is 1. The molecule has 0 unspecified atom stereocenters. The molecule has 1 aromatic carbocycles. The third kappa shape index (κ3) is 2.07. The van der Waals surface area contributed by atoms with Crippen molar-refractivity contribution in [1.29, 1.82) is 0 Å². The van der Waals surface area contributed by atoms with E-state index in [-0.39, 0.29) is 6.09 Å². The first kappa shape index (κ1) is 11.4. The highest BCUT2D eigenvalue weighted by Crippen LogP contribution is 2.35. The SMILES string of the molecule is CC1(C)NC(=O)O/C1=C(/I)c1ccccc1. The minimum atomic E-state index is -0.441. The van der Waals surface area contributed by atoms with Crippen molar-refractivity contribution in [2.45, 2.75) is 19.4 Å². The molecule has 0 spiro atoms. The molecule has 2 rings (SSSR count). The van der Waals surface area contributed by atoms with E-state index in [1.165, 1.54) is 0 Å². The Morgan fingerprint density at radius 3 is 2.44 bits per heavy atom. The van der Waals surface area contributed by atoms with Crippen molar-refractivity contribution in [3.05, 3.63) is 41.7 Å². The van der Waals surface area contributed by atoms with Gasteiger partial charge in [0.2, 0.25) is 0 Å². The fourth-order valence-electron chi connectivity index (χ4n) is 1.59. The lowest BCUT2D eigenvalue weighted by molar-refractivity contribution is 0.195. The summed E-state index contributed by atoms with van der Waals surface area (Å²) in [6.07, 6.45) is -0.384. The van der Waals surface area contributed by atoms with Gasteiger partial charge in [-0.2, -0.15) is 0 Å². The number of hydrogen-bond donors (Lipinski definition) is 1. The van der Waals surface area contributed by atoms with Crippen LogP contribution >= 0.6 is 22.6 Å². The predicted molar refractivity (Wildman–Crippen MR) is 71.1 cm³/mol. The first-order valence-electron chi connectivity index (χ1n) is 4.96. The smallest absolute Gasteiger partial charge is 0.411 e. The zero-order valence-electron chi connectivity index (χ0n) is 9.08. The van der Waals surface area contributed by atoms with Crippen LogP contribution in [0.25, 0.3) is 3.58 Å². The molecule has 1 N–H and O–H groups in total. The third-order valence-electron chi connectivity index (χ3n) is 2.40. The standard InChI is InChI=1S/C12H12INO2/c1-12(2)10(16-11(15)14-12)9(13)8-6-4-3-5-7-8/h3-7H,1-2H3,(H,14,15)/b10-9+. The van der Waals surface area contributed by atoms with Crippen LogP contribution in [-0.2, 0) is 4.74 Å². The summed E-state index contributed by atoms with van der Waals surface area (Å²) in [6.45, 7) is 3.85. The number of amides is 1. The topological polar surface area (TPSA) is 38.3 Å². The Kier molecular flexibility index (Phi) is 2.92. The van der Waals surface area contributed by atoms with Crippen LogP contribution < -0.4 is 5.32 Å². The summed E-state index contributed by atoms with van der Waals surface area (Å²) in [5.74, 6) is 0.685. The third-order valence-corrected chi connectivity index (χ3v) is 3.52. The summed E-state index contributed by atoms with van der Waals surface area (Å²) in [4.78, 5) is 11.2. The van der Waals surface area contributed by atoms with Gasteiger partial charge in [0.25, 0.3) is 0 Å². The minimum Gasteiger partial charge on any atom is -0.411 e. The van der Waals surface area contributed by atoms with Crippen molar-refractivity contribution < 1.29 is 9.53 Å². The number of rotatable bonds is 1. The van der Waals surface area contributed by atoms with E-state index < -0.39 is 5.54 Å². The molecule has 0 radical (unpaired) electrons. The molecule has 84 valence electrons. The van der Waals surface area contributed by atoms with Gasteiger partial charge in [-0.3, -0.25) is 0 Å². The number of hydrogen-bond acceptors (Lipinski definition) is 2. The first-order chi connectivity index (χ1) is 7.50. The Bertz CT molecular complexity index is 451. The zero-order chi connectivity index (χ0) is 11.8. The Morgan fingerprint density at radius 2 is 1.94 bits per heavy atom. The molecule has 1 fully saturated rings. The van der Waals surface area contributed by atoms with E-state index in [1.807, 2.05) is 44.2 Å². The summed E-state index contributed by atoms with van der Waals surface area (Å²) in [7, 11) is 0. The highest BCUT2D eigenvalue weighted by atomic mass is 127. The molecule has 0 atom stereocenters. The van der Waals surface area contributed by atoms with Gasteiger partial charge in [-0.1, -0.05) is 30.3 Å². The van der Waals surface area contributed by atoms with Gasteiger partial charge in [-0.25, -0.2) is 4.79 Å². The van der Waals surface area contributed by atoms with Crippen molar-refractivity contribution in [3.63, 3.8) is 0 Å². The van der Waals surface area contributed by atoms with Crippen molar-refractivity contribution in [2.24, 2.45) is 0 Å². The van der Waals surface area contributed by atoms with Crippen LogP contribution in [0.4, 0.5) is 4.79 Å². The number of ether oxygens (including phenoxy) is 1. The number of nitrogens with one attached hydrogen (secondary N) is 1. The summed E-state index contributed by atoms with van der Waals surface area (Å²) in [5.41, 5.74) is 0.617. The second-order valence-corrected chi connectivity index (χ2v) is 5.23. The van der Waals surface area contributed by atoms with Crippen LogP contribution in [0.5, 0.6) is 0 Å². The normalized spacial score (nSPS) is 21.3. The summed E-state index contributed by atoms with van der Waals surface area (Å²) in [6, 6.07) is 9.88. The number of carbonyl (C=O) groups excluding carboxylic acids is 1. The van der Waals surface area contributed by atoms with E-state index in [0.717, 1.165) is 9.14 Å².